The summed E-state index contributed by atoms with van der Waals surface area (Å²) in [5, 5.41) is 0. The number of nitrogens with two attached hydrogens (primary N) is 2. The van der Waals surface area contributed by atoms with Gasteiger partial charge in [-0.15, -0.1) is 0 Å². The van der Waals surface area contributed by atoms with Gasteiger partial charge in [-0.25, -0.2) is 0 Å². The maximum Gasteiger partial charge on any atom is 0.395 e. The number of rotatable bonds is 1. The lowest BCUT2D eigenvalue weighted by Gasteiger charge is -2.48. The minimum Gasteiger partial charge on any atom is -0.328 e. The zero-order valence-corrected chi connectivity index (χ0v) is 9.19. The van der Waals surface area contributed by atoms with Crippen LogP contribution in [-0.4, -0.2) is 17.8 Å². The Morgan fingerprint density at radius 2 is 1.53 bits per heavy atom. The second-order valence-corrected chi connectivity index (χ2v) is 5.12. The molecule has 1 aliphatic carbocycles. The predicted molar refractivity (Wildman–Crippen MR) is 53.2 cm³/mol. The van der Waals surface area contributed by atoms with Gasteiger partial charge in [0, 0.05) is 11.6 Å². The molecule has 0 aromatic carbocycles. The molecule has 0 heterocycles. The van der Waals surface area contributed by atoms with Crippen LogP contribution in [0.5, 0.6) is 0 Å². The first-order valence-corrected chi connectivity index (χ1v) is 5.21. The van der Waals surface area contributed by atoms with Crippen molar-refractivity contribution in [3.63, 3.8) is 0 Å². The van der Waals surface area contributed by atoms with Crippen molar-refractivity contribution in [1.82, 2.24) is 0 Å². The van der Waals surface area contributed by atoms with Gasteiger partial charge < -0.3 is 11.5 Å². The Labute approximate surface area is 88.2 Å². The second kappa shape index (κ2) is 3.63. The average Bonchev–Trinajstić information content (AvgIpc) is 2.08. The third-order valence-electron chi connectivity index (χ3n) is 3.88. The van der Waals surface area contributed by atoms with Gasteiger partial charge in [0.15, 0.2) is 0 Å². The topological polar surface area (TPSA) is 52.0 Å². The molecule has 0 aliphatic heterocycles. The molecule has 0 unspecified atom stereocenters. The van der Waals surface area contributed by atoms with Crippen molar-refractivity contribution in [2.24, 2.45) is 16.9 Å². The van der Waals surface area contributed by atoms with E-state index in [1.54, 1.807) is 0 Å². The lowest BCUT2D eigenvalue weighted by molar-refractivity contribution is -0.237. The summed E-state index contributed by atoms with van der Waals surface area (Å²) in [4.78, 5) is 0. The molecule has 0 aromatic heterocycles. The standard InChI is InChI=1S/C10H19F3N2/c1-8(2,10(11,12)13)9(15)5-3-7(14)4-6-9/h7H,3-6,14-15H2,1-2H3. The largest absolute Gasteiger partial charge is 0.395 e. The van der Waals surface area contributed by atoms with Crippen molar-refractivity contribution in [3.8, 4) is 0 Å². The average molecular weight is 224 g/mol. The van der Waals surface area contributed by atoms with Gasteiger partial charge in [-0.3, -0.25) is 0 Å². The molecule has 0 atom stereocenters. The Morgan fingerprint density at radius 3 is 1.87 bits per heavy atom. The van der Waals surface area contributed by atoms with E-state index in [0.717, 1.165) is 0 Å². The molecule has 1 saturated carbocycles. The molecule has 1 aliphatic rings. The summed E-state index contributed by atoms with van der Waals surface area (Å²) in [6.07, 6.45) is -2.41. The number of hydrogen-bond donors (Lipinski definition) is 2. The van der Waals surface area contributed by atoms with Crippen molar-refractivity contribution in [1.29, 1.82) is 0 Å². The van der Waals surface area contributed by atoms with Crippen LogP contribution in [0, 0.1) is 5.41 Å². The molecule has 4 N–H and O–H groups in total. The van der Waals surface area contributed by atoms with Crippen LogP contribution in [0.1, 0.15) is 39.5 Å². The van der Waals surface area contributed by atoms with E-state index in [1.807, 2.05) is 0 Å². The minimum absolute atomic E-state index is 0.00529. The van der Waals surface area contributed by atoms with Gasteiger partial charge in [0.1, 0.15) is 0 Å². The van der Waals surface area contributed by atoms with E-state index in [-0.39, 0.29) is 6.04 Å². The fraction of sp³-hybridized carbons (Fsp3) is 1.00. The minimum atomic E-state index is -4.26. The van der Waals surface area contributed by atoms with Crippen molar-refractivity contribution < 1.29 is 13.2 Å². The summed E-state index contributed by atoms with van der Waals surface area (Å²) >= 11 is 0. The van der Waals surface area contributed by atoms with Crippen LogP contribution < -0.4 is 11.5 Å². The quantitative estimate of drug-likeness (QED) is 0.717. The molecule has 90 valence electrons. The van der Waals surface area contributed by atoms with Crippen LogP contribution in [-0.2, 0) is 0 Å². The van der Waals surface area contributed by atoms with Crippen LogP contribution >= 0.6 is 0 Å². The third kappa shape index (κ3) is 2.13. The molecule has 15 heavy (non-hydrogen) atoms. The van der Waals surface area contributed by atoms with E-state index in [1.165, 1.54) is 13.8 Å². The first-order chi connectivity index (χ1) is 6.60. The Bertz CT molecular complexity index is 227. The number of hydrogen-bond acceptors (Lipinski definition) is 2. The van der Waals surface area contributed by atoms with Gasteiger partial charge in [0.25, 0.3) is 0 Å². The van der Waals surface area contributed by atoms with E-state index in [4.69, 9.17) is 11.5 Å². The lowest BCUT2D eigenvalue weighted by Crippen LogP contribution is -2.61. The Kier molecular flexibility index (Phi) is 3.09. The first-order valence-electron chi connectivity index (χ1n) is 5.21. The summed E-state index contributed by atoms with van der Waals surface area (Å²) in [7, 11) is 0. The highest BCUT2D eigenvalue weighted by Crippen LogP contribution is 2.49. The molecule has 0 bridgehead atoms. The maximum atomic E-state index is 12.8. The summed E-state index contributed by atoms with van der Waals surface area (Å²) in [6, 6.07) is 0.00529. The van der Waals surface area contributed by atoms with Crippen molar-refractivity contribution in [2.75, 3.05) is 0 Å². The lowest BCUT2D eigenvalue weighted by atomic mass is 9.64. The highest BCUT2D eigenvalue weighted by atomic mass is 19.4. The first kappa shape index (κ1) is 12.8. The summed E-state index contributed by atoms with van der Waals surface area (Å²) < 4.78 is 38.5. The van der Waals surface area contributed by atoms with Gasteiger partial charge in [-0.2, -0.15) is 13.2 Å². The molecule has 0 spiro atoms. The summed E-state index contributed by atoms with van der Waals surface area (Å²) in [5.74, 6) is 0. The van der Waals surface area contributed by atoms with Crippen LogP contribution in [0.15, 0.2) is 0 Å². The fourth-order valence-electron chi connectivity index (χ4n) is 2.06. The van der Waals surface area contributed by atoms with E-state index in [9.17, 15) is 13.2 Å². The molecule has 1 rings (SSSR count). The van der Waals surface area contributed by atoms with Crippen LogP contribution in [0.25, 0.3) is 0 Å². The van der Waals surface area contributed by atoms with Crippen molar-refractivity contribution >= 4 is 0 Å². The fourth-order valence-corrected chi connectivity index (χ4v) is 2.06. The van der Waals surface area contributed by atoms with Gasteiger partial charge in [0.2, 0.25) is 0 Å². The SMILES string of the molecule is CC(C)(C(F)(F)F)C1(N)CCC(N)CC1. The predicted octanol–water partition coefficient (Wildman–Crippen LogP) is 2.17. The zero-order chi connectivity index (χ0) is 11.9. The van der Waals surface area contributed by atoms with Crippen molar-refractivity contribution in [3.05, 3.63) is 0 Å². The molecule has 5 heteroatoms. The molecular formula is C10H19F3N2. The monoisotopic (exact) mass is 224 g/mol. The summed E-state index contributed by atoms with van der Waals surface area (Å²) in [5.41, 5.74) is 8.57. The smallest absolute Gasteiger partial charge is 0.328 e. The number of alkyl halides is 3. The van der Waals surface area contributed by atoms with E-state index in [0.29, 0.717) is 25.7 Å². The Hall–Kier alpha value is -0.290. The Balaban J connectivity index is 2.86. The highest BCUT2D eigenvalue weighted by molar-refractivity contribution is 5.04. The normalized spacial score (nSPS) is 34.2. The van der Waals surface area contributed by atoms with Gasteiger partial charge in [0.05, 0.1) is 5.41 Å². The van der Waals surface area contributed by atoms with Crippen LogP contribution in [0.4, 0.5) is 13.2 Å². The molecule has 0 radical (unpaired) electrons. The van der Waals surface area contributed by atoms with E-state index in [2.05, 4.69) is 0 Å². The molecule has 1 fully saturated rings. The Morgan fingerprint density at radius 1 is 1.13 bits per heavy atom. The van der Waals surface area contributed by atoms with Gasteiger partial charge in [-0.05, 0) is 39.5 Å². The molecule has 0 aromatic rings. The highest BCUT2D eigenvalue weighted by Gasteiger charge is 2.59. The van der Waals surface area contributed by atoms with E-state index >= 15 is 0 Å². The van der Waals surface area contributed by atoms with Gasteiger partial charge in [-0.1, -0.05) is 0 Å². The zero-order valence-electron chi connectivity index (χ0n) is 9.19. The number of halogens is 3. The van der Waals surface area contributed by atoms with Crippen LogP contribution in [0.2, 0.25) is 0 Å². The second-order valence-electron chi connectivity index (χ2n) is 5.12. The van der Waals surface area contributed by atoms with Crippen LogP contribution in [0.3, 0.4) is 0 Å². The molecular weight excluding hydrogens is 205 g/mol. The third-order valence-corrected chi connectivity index (χ3v) is 3.88. The maximum absolute atomic E-state index is 12.8. The van der Waals surface area contributed by atoms with Gasteiger partial charge >= 0.3 is 6.18 Å². The molecule has 0 saturated heterocycles. The summed E-state index contributed by atoms with van der Waals surface area (Å²) in [6.45, 7) is 2.37. The molecule has 2 nitrogen and oxygen atoms in total. The van der Waals surface area contributed by atoms with E-state index < -0.39 is 17.1 Å². The molecule has 0 amide bonds. The van der Waals surface area contributed by atoms with Crippen molar-refractivity contribution in [2.45, 2.75) is 57.3 Å².